The molecular formula is C29H38F3N5O6S. The number of carbonyl (C=O) groups excluding carboxylic acids is 1. The predicted molar refractivity (Wildman–Crippen MR) is 154 cm³/mol. The second kappa shape index (κ2) is 13.5. The van der Waals surface area contributed by atoms with E-state index in [1.807, 2.05) is 11.8 Å². The molecule has 4 heterocycles. The third-order valence-corrected chi connectivity index (χ3v) is 11.1. The number of alkyl halides is 3. The Morgan fingerprint density at radius 2 is 1.70 bits per heavy atom. The molecule has 15 heteroatoms. The number of hydroxylamine groups is 1. The first-order valence-corrected chi connectivity index (χ1v) is 16.4. The fourth-order valence-corrected chi connectivity index (χ4v) is 7.89. The van der Waals surface area contributed by atoms with Gasteiger partial charge in [0.15, 0.2) is 11.0 Å². The molecule has 3 saturated heterocycles. The Balaban J connectivity index is 1.27. The van der Waals surface area contributed by atoms with Crippen molar-refractivity contribution in [1.29, 1.82) is 0 Å². The Hall–Kier alpha value is -3.01. The number of amides is 1. The minimum atomic E-state index is -4.45. The topological polar surface area (TPSA) is 123 Å². The number of sulfonamides is 1. The Labute approximate surface area is 255 Å². The zero-order valence-corrected chi connectivity index (χ0v) is 25.4. The first kappa shape index (κ1) is 32.4. The van der Waals surface area contributed by atoms with E-state index in [1.165, 1.54) is 16.4 Å². The van der Waals surface area contributed by atoms with Gasteiger partial charge in [-0.05, 0) is 74.8 Å². The summed E-state index contributed by atoms with van der Waals surface area (Å²) < 4.78 is 78.1. The van der Waals surface area contributed by atoms with Gasteiger partial charge in [-0.15, -0.1) is 0 Å². The number of anilines is 1. The van der Waals surface area contributed by atoms with Crippen molar-refractivity contribution >= 4 is 21.9 Å². The van der Waals surface area contributed by atoms with E-state index in [9.17, 15) is 26.4 Å². The molecule has 1 aromatic carbocycles. The Bertz CT molecular complexity index is 1360. The quantitative estimate of drug-likeness (QED) is 0.407. The highest BCUT2D eigenvalue weighted by atomic mass is 32.2. The number of ether oxygens (including phenoxy) is 2. The van der Waals surface area contributed by atoms with Gasteiger partial charge in [0.05, 0.1) is 5.56 Å². The van der Waals surface area contributed by atoms with Gasteiger partial charge in [-0.3, -0.25) is 4.79 Å². The Morgan fingerprint density at radius 3 is 2.27 bits per heavy atom. The van der Waals surface area contributed by atoms with Gasteiger partial charge in [-0.2, -0.15) is 13.2 Å². The summed E-state index contributed by atoms with van der Waals surface area (Å²) in [5, 5.41) is 0. The molecule has 0 saturated carbocycles. The van der Waals surface area contributed by atoms with Crippen LogP contribution in [0.3, 0.4) is 0 Å². The summed E-state index contributed by atoms with van der Waals surface area (Å²) in [6.45, 7) is 3.18. The highest BCUT2D eigenvalue weighted by molar-refractivity contribution is 7.91. The summed E-state index contributed by atoms with van der Waals surface area (Å²) in [6, 6.07) is 4.42. The molecule has 1 atom stereocenters. The molecule has 3 fully saturated rings. The minimum Gasteiger partial charge on any atom is -0.490 e. The van der Waals surface area contributed by atoms with Gasteiger partial charge in [-0.25, -0.2) is 33.0 Å². The number of halogens is 3. The van der Waals surface area contributed by atoms with Crippen LogP contribution >= 0.6 is 0 Å². The lowest BCUT2D eigenvalue weighted by molar-refractivity contribution is -0.201. The number of nitrogens with one attached hydrogen (secondary N) is 1. The molecule has 0 spiro atoms. The summed E-state index contributed by atoms with van der Waals surface area (Å²) in [5.74, 6) is 0.0113. The second-order valence-electron chi connectivity index (χ2n) is 11.3. The molecule has 2 aromatic rings. The van der Waals surface area contributed by atoms with Gasteiger partial charge in [0.1, 0.15) is 11.9 Å². The van der Waals surface area contributed by atoms with Gasteiger partial charge in [0, 0.05) is 51.6 Å². The number of hydrogen-bond donors (Lipinski definition) is 1. The number of aromatic nitrogens is 2. The van der Waals surface area contributed by atoms with E-state index in [4.69, 9.17) is 14.3 Å². The van der Waals surface area contributed by atoms with Crippen LogP contribution in [-0.4, -0.2) is 78.5 Å². The molecule has 1 unspecified atom stereocenters. The van der Waals surface area contributed by atoms with Crippen LogP contribution in [0.5, 0.6) is 5.75 Å². The van der Waals surface area contributed by atoms with Crippen LogP contribution in [0.4, 0.5) is 19.1 Å². The fraction of sp³-hybridized carbons (Fsp3) is 0.621. The Morgan fingerprint density at radius 1 is 1.05 bits per heavy atom. The van der Waals surface area contributed by atoms with E-state index in [1.54, 1.807) is 12.4 Å². The number of carbonyl (C=O) groups is 1. The molecule has 1 N–H and O–H groups in total. The van der Waals surface area contributed by atoms with Crippen molar-refractivity contribution in [2.75, 3.05) is 37.7 Å². The molecule has 5 rings (SSSR count). The van der Waals surface area contributed by atoms with E-state index in [0.717, 1.165) is 37.0 Å². The summed E-state index contributed by atoms with van der Waals surface area (Å²) in [6.07, 6.45) is 1.76. The molecule has 0 aliphatic carbocycles. The number of piperidine rings is 2. The molecule has 3 aliphatic heterocycles. The van der Waals surface area contributed by atoms with Crippen LogP contribution in [0.25, 0.3) is 0 Å². The van der Waals surface area contributed by atoms with E-state index in [2.05, 4.69) is 15.4 Å². The highest BCUT2D eigenvalue weighted by Gasteiger charge is 2.55. The van der Waals surface area contributed by atoms with Crippen LogP contribution in [0, 0.1) is 0 Å². The number of benzene rings is 1. The van der Waals surface area contributed by atoms with Crippen LogP contribution in [0.2, 0.25) is 0 Å². The van der Waals surface area contributed by atoms with Crippen molar-refractivity contribution in [2.24, 2.45) is 0 Å². The maximum Gasteiger partial charge on any atom is 0.416 e. The Kier molecular flexibility index (Phi) is 9.97. The summed E-state index contributed by atoms with van der Waals surface area (Å²) in [5.41, 5.74) is 2.62. The molecule has 0 bridgehead atoms. The number of rotatable bonds is 9. The first-order chi connectivity index (χ1) is 21.0. The third-order valence-electron chi connectivity index (χ3n) is 8.51. The second-order valence-corrected chi connectivity index (χ2v) is 13.6. The molecule has 11 nitrogen and oxygen atoms in total. The summed E-state index contributed by atoms with van der Waals surface area (Å²) >= 11 is 0. The van der Waals surface area contributed by atoms with Crippen molar-refractivity contribution < 1.29 is 40.7 Å². The number of hydrogen-bond acceptors (Lipinski definition) is 9. The van der Waals surface area contributed by atoms with E-state index >= 15 is 0 Å². The standard InChI is InChI=1S/C29H38F3N5O6S/c1-2-21-19-33-27(34-20-21)36-16-12-28(13-17-36,26(38)35-43-25-5-3-4-18-41-25)44(39,40)37-14-10-24(11-15-37)42-23-8-6-22(7-9-23)29(30,31)32/h6-9,19-20,24-25H,2-5,10-18H2,1H3,(H,35,38). The van der Waals surface area contributed by atoms with Gasteiger partial charge >= 0.3 is 6.18 Å². The maximum absolute atomic E-state index is 14.3. The lowest BCUT2D eigenvalue weighted by atomic mass is 9.95. The predicted octanol–water partition coefficient (Wildman–Crippen LogP) is 3.84. The fourth-order valence-electron chi connectivity index (χ4n) is 5.73. The van der Waals surface area contributed by atoms with Crippen molar-refractivity contribution in [1.82, 2.24) is 19.8 Å². The zero-order valence-electron chi connectivity index (χ0n) is 24.6. The first-order valence-electron chi connectivity index (χ1n) is 15.0. The number of aryl methyl sites for hydroxylation is 1. The van der Waals surface area contributed by atoms with Crippen molar-refractivity contribution in [3.8, 4) is 5.75 Å². The SMILES string of the molecule is CCc1cnc(N2CCC(C(=O)NOC3CCCCO3)(S(=O)(=O)N3CCC(Oc4ccc(C(F)(F)F)cc4)CC3)CC2)nc1. The largest absolute Gasteiger partial charge is 0.490 e. The third kappa shape index (κ3) is 7.11. The smallest absolute Gasteiger partial charge is 0.416 e. The molecule has 3 aliphatic rings. The van der Waals surface area contributed by atoms with Crippen LogP contribution in [0.15, 0.2) is 36.7 Å². The van der Waals surface area contributed by atoms with Crippen molar-refractivity contribution in [2.45, 2.75) is 81.6 Å². The van der Waals surface area contributed by atoms with Crippen molar-refractivity contribution in [3.63, 3.8) is 0 Å². The minimum absolute atomic E-state index is 0.00305. The average molecular weight is 642 g/mol. The van der Waals surface area contributed by atoms with Gasteiger partial charge in [-0.1, -0.05) is 6.92 Å². The van der Waals surface area contributed by atoms with Crippen LogP contribution in [-0.2, 0) is 37.0 Å². The molecule has 0 radical (unpaired) electrons. The monoisotopic (exact) mass is 641 g/mol. The summed E-state index contributed by atoms with van der Waals surface area (Å²) in [7, 11) is -4.18. The van der Waals surface area contributed by atoms with Crippen molar-refractivity contribution in [3.05, 3.63) is 47.8 Å². The number of nitrogens with zero attached hydrogens (tertiary/aromatic N) is 4. The normalized spacial score (nSPS) is 22.0. The molecule has 1 aromatic heterocycles. The molecule has 44 heavy (non-hydrogen) atoms. The van der Waals surface area contributed by atoms with Gasteiger partial charge in [0.25, 0.3) is 5.91 Å². The van der Waals surface area contributed by atoms with E-state index in [0.29, 0.717) is 31.8 Å². The maximum atomic E-state index is 14.3. The lowest BCUT2D eigenvalue weighted by Crippen LogP contribution is -2.63. The van der Waals surface area contributed by atoms with Crippen LogP contribution in [0.1, 0.15) is 63.0 Å². The highest BCUT2D eigenvalue weighted by Crippen LogP contribution is 2.37. The van der Waals surface area contributed by atoms with Gasteiger partial charge in [0.2, 0.25) is 16.0 Å². The average Bonchev–Trinajstić information content (AvgIpc) is 3.04. The molecular weight excluding hydrogens is 603 g/mol. The zero-order chi connectivity index (χ0) is 31.4. The molecule has 242 valence electrons. The summed E-state index contributed by atoms with van der Waals surface area (Å²) in [4.78, 5) is 30.0. The van der Waals surface area contributed by atoms with Crippen LogP contribution < -0.4 is 15.1 Å². The van der Waals surface area contributed by atoms with E-state index < -0.39 is 38.7 Å². The lowest BCUT2D eigenvalue weighted by Gasteiger charge is -2.43. The molecule has 1 amide bonds. The van der Waals surface area contributed by atoms with Gasteiger partial charge < -0.3 is 14.4 Å². The van der Waals surface area contributed by atoms with E-state index in [-0.39, 0.29) is 50.9 Å².